The zero-order chi connectivity index (χ0) is 36.8. The minimum Gasteiger partial charge on any atom is -0.444 e. The highest BCUT2D eigenvalue weighted by molar-refractivity contribution is 5.94. The lowest BCUT2D eigenvalue weighted by Crippen LogP contribution is -2.48. The van der Waals surface area contributed by atoms with E-state index in [9.17, 15) is 31.5 Å². The van der Waals surface area contributed by atoms with E-state index in [4.69, 9.17) is 9.26 Å². The van der Waals surface area contributed by atoms with Gasteiger partial charge in [0.2, 0.25) is 11.8 Å². The van der Waals surface area contributed by atoms with Crippen LogP contribution in [0.3, 0.4) is 0 Å². The second-order valence-electron chi connectivity index (χ2n) is 13.4. The number of anilines is 2. The van der Waals surface area contributed by atoms with Crippen molar-refractivity contribution in [2.45, 2.75) is 83.9 Å². The van der Waals surface area contributed by atoms with Crippen LogP contribution in [-0.2, 0) is 10.7 Å². The number of aromatic nitrogens is 4. The summed E-state index contributed by atoms with van der Waals surface area (Å²) in [5.41, 5.74) is -0.545. The summed E-state index contributed by atoms with van der Waals surface area (Å²) in [5.74, 6) is -8.19. The molecule has 2 fully saturated rings. The van der Waals surface area contributed by atoms with Crippen LogP contribution in [-0.4, -0.2) is 87.4 Å². The van der Waals surface area contributed by atoms with E-state index in [0.717, 1.165) is 0 Å². The number of rotatable bonds is 12. The van der Waals surface area contributed by atoms with Gasteiger partial charge >= 0.3 is 18.0 Å². The van der Waals surface area contributed by atoms with Crippen LogP contribution in [0.1, 0.15) is 76.5 Å². The van der Waals surface area contributed by atoms with Gasteiger partial charge in [-0.2, -0.15) is 13.8 Å². The summed E-state index contributed by atoms with van der Waals surface area (Å²) < 4.78 is 79.8. The molecule has 2 atom stereocenters. The Hall–Kier alpha value is -4.57. The summed E-state index contributed by atoms with van der Waals surface area (Å²) in [5, 5.41) is 6.12. The van der Waals surface area contributed by atoms with Crippen LogP contribution in [0.4, 0.5) is 38.7 Å². The summed E-state index contributed by atoms with van der Waals surface area (Å²) in [6.07, 6.45) is 4.59. The number of carbonyl (C=O) groups excluding carboxylic acids is 2. The number of halogens is 5. The number of alkyl carbamates (subject to hydrolysis) is 1. The molecule has 4 rings (SSSR count). The molecule has 2 aliphatic heterocycles. The molecule has 1 unspecified atom stereocenters. The van der Waals surface area contributed by atoms with Crippen LogP contribution in [0, 0.1) is 5.92 Å². The summed E-state index contributed by atoms with van der Waals surface area (Å²) in [6, 6.07) is -0.794. The van der Waals surface area contributed by atoms with Crippen molar-refractivity contribution in [2.75, 3.05) is 42.5 Å². The maximum Gasteiger partial charge on any atom is 0.407 e. The fraction of sp³-hybridized carbons (Fsp3) is 0.576. The molecule has 2 amide bonds. The van der Waals surface area contributed by atoms with E-state index >= 15 is 0 Å². The normalized spacial score (nSPS) is 19.7. The number of carbonyl (C=O) groups is 2. The predicted molar refractivity (Wildman–Crippen MR) is 175 cm³/mol. The molecular weight excluding hydrogens is 667 g/mol. The van der Waals surface area contributed by atoms with Gasteiger partial charge in [0.1, 0.15) is 11.4 Å². The molecule has 0 aromatic carbocycles. The minimum atomic E-state index is -3.22. The summed E-state index contributed by atoms with van der Waals surface area (Å²) in [6.45, 7) is 12.5. The van der Waals surface area contributed by atoms with Crippen molar-refractivity contribution in [3.8, 4) is 0 Å². The molecule has 0 spiro atoms. The van der Waals surface area contributed by atoms with Crippen LogP contribution >= 0.6 is 0 Å². The Kier molecular flexibility index (Phi) is 12.2. The van der Waals surface area contributed by atoms with Crippen LogP contribution in [0.15, 0.2) is 53.1 Å². The molecule has 1 N–H and O–H groups in total. The zero-order valence-electron chi connectivity index (χ0n) is 28.8. The number of ether oxygens (including phenoxy) is 1. The first-order valence-electron chi connectivity index (χ1n) is 16.4. The first-order valence-corrected chi connectivity index (χ1v) is 16.4. The Morgan fingerprint density at radius 2 is 1.74 bits per heavy atom. The Bertz CT molecular complexity index is 1560. The molecule has 274 valence electrons. The molecule has 4 heterocycles. The topological polar surface area (TPSA) is 130 Å². The second-order valence-corrected chi connectivity index (χ2v) is 13.4. The molecule has 0 aliphatic carbocycles. The molecule has 0 bridgehead atoms. The average molecular weight is 711 g/mol. The van der Waals surface area contributed by atoms with Gasteiger partial charge in [-0.15, -0.1) is 0 Å². The smallest absolute Gasteiger partial charge is 0.407 e. The van der Waals surface area contributed by atoms with Crippen LogP contribution in [0.25, 0.3) is 0 Å². The van der Waals surface area contributed by atoms with E-state index in [0.29, 0.717) is 58.0 Å². The zero-order valence-corrected chi connectivity index (χ0v) is 28.8. The maximum absolute atomic E-state index is 14.8. The monoisotopic (exact) mass is 710 g/mol. The Labute approximate surface area is 287 Å². The fourth-order valence-corrected chi connectivity index (χ4v) is 5.82. The predicted octanol–water partition coefficient (Wildman–Crippen LogP) is 6.40. The van der Waals surface area contributed by atoms with Gasteiger partial charge < -0.3 is 29.3 Å². The number of nitrogens with one attached hydrogen (secondary N) is 1. The summed E-state index contributed by atoms with van der Waals surface area (Å²) in [4.78, 5) is 44.0. The molecule has 0 saturated carbocycles. The van der Waals surface area contributed by atoms with Crippen molar-refractivity contribution in [1.82, 2.24) is 30.3 Å². The van der Waals surface area contributed by atoms with Crippen molar-refractivity contribution in [2.24, 2.45) is 5.92 Å². The van der Waals surface area contributed by atoms with Crippen molar-refractivity contribution in [3.05, 3.63) is 60.0 Å². The lowest BCUT2D eigenvalue weighted by molar-refractivity contribution is 0.00557. The third kappa shape index (κ3) is 10.00. The molecule has 50 heavy (non-hydrogen) atoms. The maximum atomic E-state index is 14.8. The molecule has 2 aromatic rings. The van der Waals surface area contributed by atoms with Gasteiger partial charge in [0.05, 0.1) is 11.6 Å². The number of amides is 2. The van der Waals surface area contributed by atoms with Crippen molar-refractivity contribution < 1.29 is 40.8 Å². The number of piperidine rings is 1. The summed E-state index contributed by atoms with van der Waals surface area (Å²) in [7, 11) is 0. The lowest BCUT2D eigenvalue weighted by Gasteiger charge is -2.37. The Morgan fingerprint density at radius 1 is 1.08 bits per heavy atom. The molecule has 2 saturated heterocycles. The van der Waals surface area contributed by atoms with Crippen molar-refractivity contribution in [1.29, 1.82) is 0 Å². The van der Waals surface area contributed by atoms with Gasteiger partial charge in [-0.25, -0.2) is 27.9 Å². The minimum absolute atomic E-state index is 0.00868. The number of alkyl halides is 2. The van der Waals surface area contributed by atoms with Gasteiger partial charge in [-0.05, 0) is 46.1 Å². The second kappa shape index (κ2) is 16.0. The Morgan fingerprint density at radius 3 is 2.30 bits per heavy atom. The van der Waals surface area contributed by atoms with Crippen LogP contribution in [0.2, 0.25) is 0 Å². The van der Waals surface area contributed by atoms with E-state index in [1.54, 1.807) is 35.5 Å². The average Bonchev–Trinajstić information content (AvgIpc) is 3.70. The van der Waals surface area contributed by atoms with E-state index in [2.05, 4.69) is 32.0 Å². The third-order valence-corrected chi connectivity index (χ3v) is 8.17. The van der Waals surface area contributed by atoms with Crippen LogP contribution in [0.5, 0.6) is 0 Å². The highest BCUT2D eigenvalue weighted by Gasteiger charge is 2.38. The van der Waals surface area contributed by atoms with E-state index in [-0.39, 0.29) is 49.0 Å². The largest absolute Gasteiger partial charge is 0.444 e. The number of nitrogens with zero attached hydrogens (tertiary/aromatic N) is 7. The molecular formula is C33H43F5N8O4. The molecule has 12 nitrogen and oxygen atoms in total. The fourth-order valence-electron chi connectivity index (χ4n) is 5.82. The quantitative estimate of drug-likeness (QED) is 0.195. The van der Waals surface area contributed by atoms with Crippen LogP contribution < -0.4 is 15.1 Å². The standard InChI is InChI=1S/C33H43F5N8O4/c1-7-11-46(23-9-12-44(13-10-23)30-42-28(43-50-30)33(6,37)38)27(47)21-16-39-29(40-17-21)45-18-20(14-22(34)15-25(36)24(35)8-2)26(19-45)41-31(48)49-32(3,4)5/h8,15-17,20,23,26H,2,7,9-14,18-19H2,1,3-6H3,(H,41,48)/b22-15+,25-24-/t20?,26-/m0/s1. The first-order chi connectivity index (χ1) is 23.5. The highest BCUT2D eigenvalue weighted by Crippen LogP contribution is 2.30. The Balaban J connectivity index is 1.44. The summed E-state index contributed by atoms with van der Waals surface area (Å²) >= 11 is 0. The highest BCUT2D eigenvalue weighted by atomic mass is 19.3. The lowest BCUT2D eigenvalue weighted by atomic mass is 9.99. The van der Waals surface area contributed by atoms with Crippen molar-refractivity contribution in [3.63, 3.8) is 0 Å². The first kappa shape index (κ1) is 38.2. The van der Waals surface area contributed by atoms with Gasteiger partial charge in [0.25, 0.3) is 5.91 Å². The SMILES string of the molecule is C=C/C(F)=C(F)\C=C(\F)CC1CN(c2ncc(C(=O)N(CCC)C3CCN(c4nc(C(C)(F)F)no4)CC3)cn2)C[C@@H]1NC(=O)OC(C)(C)C. The molecule has 2 aromatic heterocycles. The van der Waals surface area contributed by atoms with E-state index < -0.39 is 52.9 Å². The molecule has 0 radical (unpaired) electrons. The van der Waals surface area contributed by atoms with Gasteiger partial charge in [0.15, 0.2) is 11.7 Å². The number of hydrogen-bond donors (Lipinski definition) is 1. The van der Waals surface area contributed by atoms with Gasteiger partial charge in [-0.1, -0.05) is 18.7 Å². The number of allylic oxidation sites excluding steroid dienone is 5. The van der Waals surface area contributed by atoms with Gasteiger partial charge in [0, 0.05) is 76.5 Å². The van der Waals surface area contributed by atoms with E-state index in [1.807, 2.05) is 6.92 Å². The number of hydrogen-bond acceptors (Lipinski definition) is 10. The third-order valence-electron chi connectivity index (χ3n) is 8.17. The molecule has 2 aliphatic rings. The van der Waals surface area contributed by atoms with E-state index in [1.165, 1.54) is 12.4 Å². The van der Waals surface area contributed by atoms with Crippen molar-refractivity contribution >= 4 is 24.0 Å². The van der Waals surface area contributed by atoms with Gasteiger partial charge in [-0.3, -0.25) is 4.79 Å². The molecule has 17 heteroatoms.